The molecular formula is C18H12Cl4N2OS. The van der Waals surface area contributed by atoms with Crippen LogP contribution in [0.15, 0.2) is 41.5 Å². The highest BCUT2D eigenvalue weighted by Gasteiger charge is 2.17. The van der Waals surface area contributed by atoms with E-state index in [1.807, 2.05) is 6.92 Å². The smallest absolute Gasteiger partial charge is 0.266 e. The lowest BCUT2D eigenvalue weighted by atomic mass is 10.1. The number of amides is 1. The van der Waals surface area contributed by atoms with Gasteiger partial charge in [0.2, 0.25) is 0 Å². The van der Waals surface area contributed by atoms with Gasteiger partial charge in [-0.2, -0.15) is 5.10 Å². The Hall–Kier alpha value is -1.30. The van der Waals surface area contributed by atoms with Crippen molar-refractivity contribution in [1.29, 1.82) is 0 Å². The first-order chi connectivity index (χ1) is 12.4. The number of rotatable bonds is 4. The SMILES string of the molecule is CCC(=NNC(=O)c1sc2cc(Cl)ccc2c1Cl)c1ccc(Cl)cc1Cl. The Morgan fingerprint density at radius 1 is 1.08 bits per heavy atom. The first kappa shape index (κ1) is 19.5. The predicted molar refractivity (Wildman–Crippen MR) is 113 cm³/mol. The molecule has 0 saturated heterocycles. The second-order valence-corrected chi connectivity index (χ2v) is 8.07. The van der Waals surface area contributed by atoms with E-state index in [2.05, 4.69) is 10.5 Å². The summed E-state index contributed by atoms with van der Waals surface area (Å²) in [5.41, 5.74) is 3.91. The van der Waals surface area contributed by atoms with Gasteiger partial charge in [-0.1, -0.05) is 65.5 Å². The highest BCUT2D eigenvalue weighted by molar-refractivity contribution is 7.21. The van der Waals surface area contributed by atoms with Crippen LogP contribution in [-0.2, 0) is 0 Å². The predicted octanol–water partition coefficient (Wildman–Crippen LogP) is 7.06. The van der Waals surface area contributed by atoms with Crippen molar-refractivity contribution in [3.8, 4) is 0 Å². The van der Waals surface area contributed by atoms with E-state index in [0.717, 1.165) is 10.1 Å². The number of halogens is 4. The third kappa shape index (κ3) is 4.00. The maximum atomic E-state index is 12.5. The van der Waals surface area contributed by atoms with E-state index in [9.17, 15) is 4.79 Å². The summed E-state index contributed by atoms with van der Waals surface area (Å²) in [5.74, 6) is -0.386. The second-order valence-electron chi connectivity index (χ2n) is 5.36. The highest BCUT2D eigenvalue weighted by Crippen LogP contribution is 2.36. The van der Waals surface area contributed by atoms with Gasteiger partial charge >= 0.3 is 0 Å². The quantitative estimate of drug-likeness (QED) is 0.339. The zero-order chi connectivity index (χ0) is 18.8. The van der Waals surface area contributed by atoms with Crippen molar-refractivity contribution in [2.45, 2.75) is 13.3 Å². The number of hydrogen-bond donors (Lipinski definition) is 1. The van der Waals surface area contributed by atoms with E-state index in [4.69, 9.17) is 46.4 Å². The van der Waals surface area contributed by atoms with Gasteiger partial charge in [0.15, 0.2) is 0 Å². The average molecular weight is 446 g/mol. The Kier molecular flexibility index (Phi) is 6.10. The topological polar surface area (TPSA) is 41.5 Å². The van der Waals surface area contributed by atoms with Crippen LogP contribution in [0.1, 0.15) is 28.6 Å². The van der Waals surface area contributed by atoms with Gasteiger partial charge in [-0.05, 0) is 30.7 Å². The molecule has 3 nitrogen and oxygen atoms in total. The zero-order valence-electron chi connectivity index (χ0n) is 13.4. The second kappa shape index (κ2) is 8.15. The molecule has 0 fully saturated rings. The van der Waals surface area contributed by atoms with E-state index in [1.165, 1.54) is 11.3 Å². The van der Waals surface area contributed by atoms with E-state index in [1.54, 1.807) is 36.4 Å². The van der Waals surface area contributed by atoms with Gasteiger partial charge < -0.3 is 0 Å². The van der Waals surface area contributed by atoms with Gasteiger partial charge in [-0.25, -0.2) is 5.43 Å². The molecule has 0 unspecified atom stereocenters. The minimum atomic E-state index is -0.386. The van der Waals surface area contributed by atoms with E-state index < -0.39 is 0 Å². The number of nitrogens with one attached hydrogen (secondary N) is 1. The van der Waals surface area contributed by atoms with Crippen LogP contribution in [0.3, 0.4) is 0 Å². The lowest BCUT2D eigenvalue weighted by Gasteiger charge is -2.07. The molecule has 1 aromatic heterocycles. The Balaban J connectivity index is 1.89. The van der Waals surface area contributed by atoms with Crippen LogP contribution >= 0.6 is 57.7 Å². The summed E-state index contributed by atoms with van der Waals surface area (Å²) < 4.78 is 0.841. The molecule has 0 atom stereocenters. The van der Waals surface area contributed by atoms with Gasteiger partial charge in [0.1, 0.15) is 4.88 Å². The van der Waals surface area contributed by atoms with Crippen molar-refractivity contribution in [3.05, 3.63) is 66.9 Å². The molecule has 0 saturated carbocycles. The average Bonchev–Trinajstić information content (AvgIpc) is 2.92. The van der Waals surface area contributed by atoms with Crippen LogP contribution in [0, 0.1) is 0 Å². The van der Waals surface area contributed by atoms with Gasteiger partial charge in [-0.3, -0.25) is 4.79 Å². The molecule has 0 aliphatic heterocycles. The molecule has 1 heterocycles. The molecule has 0 radical (unpaired) electrons. The fourth-order valence-corrected chi connectivity index (χ4v) is 4.61. The van der Waals surface area contributed by atoms with Crippen LogP contribution in [-0.4, -0.2) is 11.6 Å². The van der Waals surface area contributed by atoms with Crippen molar-refractivity contribution in [2.75, 3.05) is 0 Å². The Labute approximate surface area is 174 Å². The van der Waals surface area contributed by atoms with Crippen molar-refractivity contribution >= 4 is 79.4 Å². The molecule has 3 rings (SSSR count). The molecule has 2 aromatic carbocycles. The molecule has 0 bridgehead atoms. The number of nitrogens with zero attached hydrogens (tertiary/aromatic N) is 1. The number of carbonyl (C=O) groups excluding carboxylic acids is 1. The molecule has 1 amide bonds. The zero-order valence-corrected chi connectivity index (χ0v) is 17.3. The van der Waals surface area contributed by atoms with Gasteiger partial charge in [0.25, 0.3) is 5.91 Å². The van der Waals surface area contributed by atoms with Crippen LogP contribution in [0.4, 0.5) is 0 Å². The van der Waals surface area contributed by atoms with E-state index in [-0.39, 0.29) is 5.91 Å². The molecule has 0 spiro atoms. The number of thiophene rings is 1. The van der Waals surface area contributed by atoms with Crippen LogP contribution in [0.25, 0.3) is 10.1 Å². The van der Waals surface area contributed by atoms with Gasteiger partial charge in [0.05, 0.1) is 15.8 Å². The molecule has 26 heavy (non-hydrogen) atoms. The number of carbonyl (C=O) groups is 1. The standard InChI is InChI=1S/C18H12Cl4N2OS/c1-2-14(11-5-3-9(19)7-13(11)21)23-24-18(25)17-16(22)12-6-4-10(20)8-15(12)26-17/h3-8H,2H2,1H3,(H,24,25). The fraction of sp³-hybridized carbons (Fsp3) is 0.111. The summed E-state index contributed by atoms with van der Waals surface area (Å²) >= 11 is 25.7. The van der Waals surface area contributed by atoms with Crippen molar-refractivity contribution in [3.63, 3.8) is 0 Å². The molecule has 3 aromatic rings. The summed E-state index contributed by atoms with van der Waals surface area (Å²) in [6, 6.07) is 10.4. The fourth-order valence-electron chi connectivity index (χ4n) is 2.41. The summed E-state index contributed by atoms with van der Waals surface area (Å²) in [7, 11) is 0. The lowest BCUT2D eigenvalue weighted by molar-refractivity contribution is 0.0959. The number of hydrazone groups is 1. The molecule has 0 aliphatic carbocycles. The molecule has 8 heteroatoms. The van der Waals surface area contributed by atoms with Gasteiger partial charge in [-0.15, -0.1) is 11.3 Å². The van der Waals surface area contributed by atoms with Crippen LogP contribution < -0.4 is 5.43 Å². The van der Waals surface area contributed by atoms with Crippen molar-refractivity contribution < 1.29 is 4.79 Å². The molecule has 134 valence electrons. The third-order valence-corrected chi connectivity index (χ3v) is 6.11. The van der Waals surface area contributed by atoms with Crippen LogP contribution in [0.2, 0.25) is 20.1 Å². The maximum Gasteiger partial charge on any atom is 0.283 e. The van der Waals surface area contributed by atoms with E-state index >= 15 is 0 Å². The van der Waals surface area contributed by atoms with Crippen molar-refractivity contribution in [1.82, 2.24) is 5.43 Å². The highest BCUT2D eigenvalue weighted by atomic mass is 35.5. The minimum Gasteiger partial charge on any atom is -0.266 e. The van der Waals surface area contributed by atoms with E-state index in [0.29, 0.717) is 42.7 Å². The van der Waals surface area contributed by atoms with Crippen LogP contribution in [0.5, 0.6) is 0 Å². The number of hydrogen-bond acceptors (Lipinski definition) is 3. The summed E-state index contributed by atoms with van der Waals surface area (Å²) in [4.78, 5) is 12.9. The first-order valence-electron chi connectivity index (χ1n) is 7.60. The lowest BCUT2D eigenvalue weighted by Crippen LogP contribution is -2.19. The third-order valence-electron chi connectivity index (χ3n) is 3.67. The molecular weight excluding hydrogens is 434 g/mol. The Bertz CT molecular complexity index is 1030. The monoisotopic (exact) mass is 444 g/mol. The minimum absolute atomic E-state index is 0.380. The Morgan fingerprint density at radius 2 is 1.77 bits per heavy atom. The summed E-state index contributed by atoms with van der Waals surface area (Å²) in [5, 5.41) is 6.99. The van der Waals surface area contributed by atoms with Crippen molar-refractivity contribution in [2.24, 2.45) is 5.10 Å². The summed E-state index contributed by atoms with van der Waals surface area (Å²) in [6.45, 7) is 1.92. The largest absolute Gasteiger partial charge is 0.283 e. The normalized spacial score (nSPS) is 11.8. The number of fused-ring (bicyclic) bond motifs is 1. The molecule has 1 N–H and O–H groups in total. The summed E-state index contributed by atoms with van der Waals surface area (Å²) in [6.07, 6.45) is 0.581. The number of benzene rings is 2. The first-order valence-corrected chi connectivity index (χ1v) is 9.93. The maximum absolute atomic E-state index is 12.5. The molecule has 0 aliphatic rings. The Morgan fingerprint density at radius 3 is 2.46 bits per heavy atom. The van der Waals surface area contributed by atoms with Gasteiger partial charge in [0, 0.05) is 25.7 Å².